The van der Waals surface area contributed by atoms with Crippen LogP contribution in [-0.2, 0) is 4.79 Å². The van der Waals surface area contributed by atoms with Gasteiger partial charge in [0.1, 0.15) is 0 Å². The molecule has 0 aliphatic heterocycles. The molecule has 22 heavy (non-hydrogen) atoms. The van der Waals surface area contributed by atoms with Crippen LogP contribution in [0.3, 0.4) is 0 Å². The number of rotatable bonds is 13. The van der Waals surface area contributed by atoms with E-state index in [9.17, 15) is 4.79 Å². The zero-order valence-electron chi connectivity index (χ0n) is 13.8. The molecular formula is C20H30O2. The summed E-state index contributed by atoms with van der Waals surface area (Å²) in [6.07, 6.45) is 25.2. The smallest absolute Gasteiger partial charge is 0.303 e. The zero-order valence-corrected chi connectivity index (χ0v) is 13.8. The molecule has 0 spiro atoms. The normalized spacial score (nSPS) is 11.3. The first-order valence-corrected chi connectivity index (χ1v) is 8.33. The summed E-state index contributed by atoms with van der Waals surface area (Å²) < 4.78 is 0. The van der Waals surface area contributed by atoms with Crippen molar-refractivity contribution in [3.8, 4) is 0 Å². The van der Waals surface area contributed by atoms with Gasteiger partial charge < -0.3 is 5.11 Å². The van der Waals surface area contributed by atoms with Crippen molar-refractivity contribution in [1.82, 2.24) is 0 Å². The van der Waals surface area contributed by atoms with E-state index in [4.69, 9.17) is 5.11 Å². The molecule has 0 aromatic rings. The molecular weight excluding hydrogens is 272 g/mol. The minimum atomic E-state index is -0.716. The minimum absolute atomic E-state index is 0.257. The second kappa shape index (κ2) is 17.3. The van der Waals surface area contributed by atoms with Gasteiger partial charge in [-0.2, -0.15) is 0 Å². The number of carbonyl (C=O) groups is 1. The van der Waals surface area contributed by atoms with Crippen LogP contribution in [0.2, 0.25) is 0 Å². The van der Waals surface area contributed by atoms with E-state index >= 15 is 0 Å². The Hall–Kier alpha value is -1.79. The highest BCUT2D eigenvalue weighted by molar-refractivity contribution is 5.66. The number of unbranched alkanes of at least 4 members (excludes halogenated alkanes) is 3. The third-order valence-corrected chi connectivity index (χ3v) is 3.00. The number of allylic oxidation sites excluding steroid dienone is 7. The van der Waals surface area contributed by atoms with Crippen molar-refractivity contribution < 1.29 is 9.90 Å². The standard InChI is InChI=1S/C20H30O2/c1-2-3-4-5-6-7-8-9-10-11-12-13-14-15-16-17-18-19-20(21)22/h5,7,9-10,12-13,15-16H,2-4,8,11,14,17-19H2,1H3,(H,21,22)/b10-9+,13-12+,16-15+. The Morgan fingerprint density at radius 1 is 0.864 bits per heavy atom. The number of carboxylic acid groups (broad SMARTS) is 1. The van der Waals surface area contributed by atoms with Crippen LogP contribution < -0.4 is 0 Å². The van der Waals surface area contributed by atoms with E-state index in [-0.39, 0.29) is 6.42 Å². The Balaban J connectivity index is 3.49. The van der Waals surface area contributed by atoms with Crippen LogP contribution in [0.5, 0.6) is 0 Å². The maximum Gasteiger partial charge on any atom is 0.303 e. The topological polar surface area (TPSA) is 37.3 Å². The van der Waals surface area contributed by atoms with Gasteiger partial charge in [0.25, 0.3) is 0 Å². The van der Waals surface area contributed by atoms with Crippen LogP contribution >= 0.6 is 0 Å². The van der Waals surface area contributed by atoms with Gasteiger partial charge in [0.15, 0.2) is 0 Å². The molecule has 2 nitrogen and oxygen atoms in total. The molecule has 0 aromatic heterocycles. The van der Waals surface area contributed by atoms with Gasteiger partial charge in [0, 0.05) is 6.42 Å². The molecule has 0 unspecified atom stereocenters. The quantitative estimate of drug-likeness (QED) is 0.258. The molecule has 0 heterocycles. The van der Waals surface area contributed by atoms with Crippen LogP contribution in [-0.4, -0.2) is 11.1 Å². The minimum Gasteiger partial charge on any atom is -0.481 e. The van der Waals surface area contributed by atoms with Gasteiger partial charge in [-0.1, -0.05) is 49.8 Å². The molecule has 0 aromatic carbocycles. The maximum atomic E-state index is 10.3. The molecule has 0 saturated heterocycles. The molecule has 122 valence electrons. The summed E-state index contributed by atoms with van der Waals surface area (Å²) in [5.74, 6) is -0.716. The second-order valence-corrected chi connectivity index (χ2v) is 5.12. The van der Waals surface area contributed by atoms with Crippen molar-refractivity contribution in [1.29, 1.82) is 0 Å². The fourth-order valence-corrected chi connectivity index (χ4v) is 1.74. The fourth-order valence-electron chi connectivity index (χ4n) is 1.74. The predicted molar refractivity (Wildman–Crippen MR) is 94.9 cm³/mol. The van der Waals surface area contributed by atoms with Gasteiger partial charge in [-0.15, -0.1) is 5.73 Å². The van der Waals surface area contributed by atoms with Crippen molar-refractivity contribution >= 4 is 5.97 Å². The molecule has 0 fully saturated rings. The second-order valence-electron chi connectivity index (χ2n) is 5.12. The number of hydrogen-bond donors (Lipinski definition) is 1. The van der Waals surface area contributed by atoms with Crippen LogP contribution in [0.4, 0.5) is 0 Å². The molecule has 0 aliphatic carbocycles. The summed E-state index contributed by atoms with van der Waals surface area (Å²) in [6, 6.07) is 0. The average molecular weight is 302 g/mol. The van der Waals surface area contributed by atoms with Gasteiger partial charge in [-0.25, -0.2) is 0 Å². The molecule has 0 amide bonds. The first kappa shape index (κ1) is 20.2. The molecule has 0 bridgehead atoms. The van der Waals surface area contributed by atoms with E-state index in [0.29, 0.717) is 0 Å². The fraction of sp³-hybridized carbons (Fsp3) is 0.500. The molecule has 0 saturated carbocycles. The number of carboxylic acids is 1. The van der Waals surface area contributed by atoms with E-state index in [0.717, 1.165) is 38.5 Å². The summed E-state index contributed by atoms with van der Waals surface area (Å²) >= 11 is 0. The van der Waals surface area contributed by atoms with Crippen LogP contribution in [0.15, 0.2) is 54.3 Å². The summed E-state index contributed by atoms with van der Waals surface area (Å²) in [4.78, 5) is 10.3. The van der Waals surface area contributed by atoms with E-state index < -0.39 is 5.97 Å². The van der Waals surface area contributed by atoms with Crippen molar-refractivity contribution in [3.63, 3.8) is 0 Å². The first-order chi connectivity index (χ1) is 10.8. The predicted octanol–water partition coefficient (Wildman–Crippen LogP) is 5.98. The van der Waals surface area contributed by atoms with Gasteiger partial charge >= 0.3 is 5.97 Å². The van der Waals surface area contributed by atoms with Gasteiger partial charge in [-0.3, -0.25) is 4.79 Å². The van der Waals surface area contributed by atoms with E-state index in [1.165, 1.54) is 12.8 Å². The zero-order chi connectivity index (χ0) is 16.3. The highest BCUT2D eigenvalue weighted by Gasteiger charge is 1.92. The lowest BCUT2D eigenvalue weighted by molar-refractivity contribution is -0.137. The third-order valence-electron chi connectivity index (χ3n) is 3.00. The Morgan fingerprint density at radius 3 is 2.14 bits per heavy atom. The summed E-state index contributed by atoms with van der Waals surface area (Å²) in [5, 5.41) is 8.49. The van der Waals surface area contributed by atoms with E-state index in [2.05, 4.69) is 61.3 Å². The summed E-state index contributed by atoms with van der Waals surface area (Å²) in [6.45, 7) is 2.20. The Morgan fingerprint density at radius 2 is 1.50 bits per heavy atom. The average Bonchev–Trinajstić information content (AvgIpc) is 2.50. The van der Waals surface area contributed by atoms with Gasteiger partial charge in [-0.05, 0) is 57.1 Å². The molecule has 0 atom stereocenters. The summed E-state index contributed by atoms with van der Waals surface area (Å²) in [5.41, 5.74) is 3.20. The molecule has 0 radical (unpaired) electrons. The highest BCUT2D eigenvalue weighted by Crippen LogP contribution is 1.99. The lowest BCUT2D eigenvalue weighted by Crippen LogP contribution is -1.92. The van der Waals surface area contributed by atoms with E-state index in [1.54, 1.807) is 0 Å². The molecule has 0 aliphatic rings. The van der Waals surface area contributed by atoms with Crippen LogP contribution in [0, 0.1) is 0 Å². The summed E-state index contributed by atoms with van der Waals surface area (Å²) in [7, 11) is 0. The number of aliphatic carboxylic acids is 1. The SMILES string of the molecule is CCCCC=C=CC/C=C/C/C=C/C/C=C/CCCC(=O)O. The lowest BCUT2D eigenvalue weighted by atomic mass is 10.2. The van der Waals surface area contributed by atoms with Crippen molar-refractivity contribution in [2.75, 3.05) is 0 Å². The van der Waals surface area contributed by atoms with E-state index in [1.807, 2.05) is 0 Å². The largest absolute Gasteiger partial charge is 0.481 e. The third kappa shape index (κ3) is 18.2. The monoisotopic (exact) mass is 302 g/mol. The van der Waals surface area contributed by atoms with Gasteiger partial charge in [0.2, 0.25) is 0 Å². The Kier molecular flexibility index (Phi) is 15.9. The highest BCUT2D eigenvalue weighted by atomic mass is 16.4. The van der Waals surface area contributed by atoms with Crippen molar-refractivity contribution in [2.45, 2.75) is 64.7 Å². The van der Waals surface area contributed by atoms with Crippen molar-refractivity contribution in [3.05, 3.63) is 54.3 Å². The Labute approximate surface area is 135 Å². The van der Waals surface area contributed by atoms with Crippen molar-refractivity contribution in [2.24, 2.45) is 0 Å². The maximum absolute atomic E-state index is 10.3. The number of hydrogen-bond acceptors (Lipinski definition) is 1. The van der Waals surface area contributed by atoms with Gasteiger partial charge in [0.05, 0.1) is 0 Å². The van der Waals surface area contributed by atoms with Crippen LogP contribution in [0.25, 0.3) is 0 Å². The first-order valence-electron chi connectivity index (χ1n) is 8.33. The molecule has 2 heteroatoms. The lowest BCUT2D eigenvalue weighted by Gasteiger charge is -1.89. The van der Waals surface area contributed by atoms with Crippen LogP contribution in [0.1, 0.15) is 64.7 Å². The molecule has 0 rings (SSSR count). The Bertz CT molecular complexity index is 407. The molecule has 1 N–H and O–H groups in total.